The number of aliphatic hydroxyl groups excluding tert-OH is 1. The van der Waals surface area contributed by atoms with Crippen LogP contribution in [0.5, 0.6) is 5.75 Å². The summed E-state index contributed by atoms with van der Waals surface area (Å²) in [6.45, 7) is 1.93. The molecule has 8 heteroatoms. The Kier molecular flexibility index (Phi) is 7.52. The number of ketones is 1. The number of fused-ring (bicyclic) bond motifs is 1. The van der Waals surface area contributed by atoms with Crippen molar-refractivity contribution >= 4 is 22.7 Å². The summed E-state index contributed by atoms with van der Waals surface area (Å²) < 4.78 is 20.6. The molecule has 4 rings (SSSR count). The Labute approximate surface area is 202 Å². The van der Waals surface area contributed by atoms with E-state index in [0.29, 0.717) is 17.1 Å². The van der Waals surface area contributed by atoms with Crippen LogP contribution in [0.4, 0.5) is 4.39 Å². The largest absolute Gasteiger partial charge is 0.491 e. The molecule has 0 aliphatic heterocycles. The fourth-order valence-corrected chi connectivity index (χ4v) is 3.73. The van der Waals surface area contributed by atoms with E-state index in [1.165, 1.54) is 19.1 Å². The van der Waals surface area contributed by atoms with Gasteiger partial charge in [0.15, 0.2) is 5.78 Å². The molecule has 1 atom stereocenters. The van der Waals surface area contributed by atoms with Gasteiger partial charge in [-0.2, -0.15) is 0 Å². The Morgan fingerprint density at radius 2 is 1.86 bits per heavy atom. The van der Waals surface area contributed by atoms with Gasteiger partial charge in [0.25, 0.3) is 0 Å². The Bertz CT molecular complexity index is 1330. The smallest absolute Gasteiger partial charge is 0.227 e. The van der Waals surface area contributed by atoms with Crippen LogP contribution < -0.4 is 10.1 Å². The molecule has 1 unspecified atom stereocenters. The highest BCUT2D eigenvalue weighted by molar-refractivity contribution is 5.94. The van der Waals surface area contributed by atoms with Crippen molar-refractivity contribution in [3.8, 4) is 5.75 Å². The summed E-state index contributed by atoms with van der Waals surface area (Å²) >= 11 is 0. The number of para-hydroxylation sites is 2. The van der Waals surface area contributed by atoms with Crippen LogP contribution in [-0.2, 0) is 24.3 Å². The highest BCUT2D eigenvalue weighted by atomic mass is 19.1. The van der Waals surface area contributed by atoms with Gasteiger partial charge in [0, 0.05) is 12.1 Å². The first-order chi connectivity index (χ1) is 16.9. The minimum atomic E-state index is -0.880. The van der Waals surface area contributed by atoms with Crippen LogP contribution in [0, 0.1) is 5.82 Å². The first-order valence-corrected chi connectivity index (χ1v) is 11.3. The predicted molar refractivity (Wildman–Crippen MR) is 130 cm³/mol. The standard InChI is InChI=1S/C27H26FN3O4/c1-18(32)20-5-4-6-23(13-20)35-17-22(33)16-31-25-8-3-2-7-24(25)30-26(31)14-27(34)29-15-19-9-11-21(28)12-10-19/h2-13,22,33H,14-17H2,1H3,(H,29,34). The summed E-state index contributed by atoms with van der Waals surface area (Å²) in [7, 11) is 0. The fourth-order valence-electron chi connectivity index (χ4n) is 3.73. The van der Waals surface area contributed by atoms with Crippen molar-refractivity contribution in [1.29, 1.82) is 0 Å². The molecule has 0 saturated carbocycles. The van der Waals surface area contributed by atoms with Crippen molar-refractivity contribution in [3.63, 3.8) is 0 Å². The third-order valence-corrected chi connectivity index (χ3v) is 5.53. The van der Waals surface area contributed by atoms with E-state index in [9.17, 15) is 19.1 Å². The van der Waals surface area contributed by atoms with E-state index < -0.39 is 6.10 Å². The number of nitrogens with zero attached hydrogens (tertiary/aromatic N) is 2. The van der Waals surface area contributed by atoms with Crippen LogP contribution in [0.15, 0.2) is 72.8 Å². The van der Waals surface area contributed by atoms with E-state index >= 15 is 0 Å². The van der Waals surface area contributed by atoms with Gasteiger partial charge < -0.3 is 19.7 Å². The van der Waals surface area contributed by atoms with Crippen LogP contribution in [0.3, 0.4) is 0 Å². The number of nitrogens with one attached hydrogen (secondary N) is 1. The number of aliphatic hydroxyl groups is 1. The minimum Gasteiger partial charge on any atom is -0.491 e. The second-order valence-electron chi connectivity index (χ2n) is 8.26. The monoisotopic (exact) mass is 475 g/mol. The molecule has 1 heterocycles. The number of hydrogen-bond acceptors (Lipinski definition) is 5. The van der Waals surface area contributed by atoms with Gasteiger partial charge in [0.1, 0.15) is 30.1 Å². The average Bonchev–Trinajstić information content (AvgIpc) is 3.19. The van der Waals surface area contributed by atoms with Crippen molar-refractivity contribution in [2.75, 3.05) is 6.61 Å². The molecule has 1 amide bonds. The van der Waals surface area contributed by atoms with Gasteiger partial charge in [-0.05, 0) is 48.9 Å². The Morgan fingerprint density at radius 1 is 1.09 bits per heavy atom. The second-order valence-corrected chi connectivity index (χ2v) is 8.26. The van der Waals surface area contributed by atoms with Crippen LogP contribution in [0.25, 0.3) is 11.0 Å². The first kappa shape index (κ1) is 24.1. The molecule has 4 aromatic rings. The van der Waals surface area contributed by atoms with E-state index in [1.807, 2.05) is 28.8 Å². The summed E-state index contributed by atoms with van der Waals surface area (Å²) in [6, 6.07) is 20.2. The number of amides is 1. The molecule has 7 nitrogen and oxygen atoms in total. The van der Waals surface area contributed by atoms with Crippen LogP contribution in [0.2, 0.25) is 0 Å². The number of aromatic nitrogens is 2. The van der Waals surface area contributed by atoms with Crippen molar-refractivity contribution in [2.24, 2.45) is 0 Å². The summed E-state index contributed by atoms with van der Waals surface area (Å²) in [5.41, 5.74) is 2.84. The topological polar surface area (TPSA) is 93.5 Å². The molecule has 180 valence electrons. The maximum absolute atomic E-state index is 13.1. The van der Waals surface area contributed by atoms with Gasteiger partial charge >= 0.3 is 0 Å². The highest BCUT2D eigenvalue weighted by Crippen LogP contribution is 2.18. The summed E-state index contributed by atoms with van der Waals surface area (Å²) in [5.74, 6) is 0.372. The second kappa shape index (κ2) is 10.9. The minimum absolute atomic E-state index is 0.00404. The lowest BCUT2D eigenvalue weighted by atomic mass is 10.1. The summed E-state index contributed by atoms with van der Waals surface area (Å²) in [5, 5.41) is 13.5. The number of imidazole rings is 1. The molecular weight excluding hydrogens is 449 g/mol. The van der Waals surface area contributed by atoms with Gasteiger partial charge in [-0.3, -0.25) is 9.59 Å². The first-order valence-electron chi connectivity index (χ1n) is 11.3. The van der Waals surface area contributed by atoms with Gasteiger partial charge in [-0.15, -0.1) is 0 Å². The molecule has 1 aromatic heterocycles. The molecule has 0 saturated heterocycles. The zero-order chi connectivity index (χ0) is 24.8. The summed E-state index contributed by atoms with van der Waals surface area (Å²) in [4.78, 5) is 28.8. The molecule has 35 heavy (non-hydrogen) atoms. The molecule has 0 aliphatic carbocycles. The predicted octanol–water partition coefficient (Wildman–Crippen LogP) is 3.68. The van der Waals surface area contributed by atoms with Crippen molar-refractivity contribution in [3.05, 3.63) is 95.6 Å². The number of benzene rings is 3. The number of rotatable bonds is 10. The third-order valence-electron chi connectivity index (χ3n) is 5.53. The lowest BCUT2D eigenvalue weighted by molar-refractivity contribution is -0.120. The quantitative estimate of drug-likeness (QED) is 0.342. The number of carbonyl (C=O) groups is 2. The normalized spacial score (nSPS) is 11.9. The Morgan fingerprint density at radius 3 is 2.63 bits per heavy atom. The number of Topliss-reactive ketones (excluding diaryl/α,β-unsaturated/α-hetero) is 1. The van der Waals surface area contributed by atoms with Crippen molar-refractivity contribution in [2.45, 2.75) is 32.5 Å². The summed E-state index contributed by atoms with van der Waals surface area (Å²) in [6.07, 6.45) is -0.862. The van der Waals surface area contributed by atoms with Gasteiger partial charge in [-0.1, -0.05) is 36.4 Å². The average molecular weight is 476 g/mol. The molecule has 0 aliphatic rings. The van der Waals surface area contributed by atoms with Crippen molar-refractivity contribution in [1.82, 2.24) is 14.9 Å². The van der Waals surface area contributed by atoms with E-state index in [4.69, 9.17) is 4.74 Å². The van der Waals surface area contributed by atoms with Crippen LogP contribution >= 0.6 is 0 Å². The fraction of sp³-hybridized carbons (Fsp3) is 0.222. The van der Waals surface area contributed by atoms with E-state index in [0.717, 1.165) is 16.6 Å². The Balaban J connectivity index is 1.43. The zero-order valence-electron chi connectivity index (χ0n) is 19.3. The molecular formula is C27H26FN3O4. The maximum Gasteiger partial charge on any atom is 0.227 e. The molecule has 0 radical (unpaired) electrons. The molecule has 2 N–H and O–H groups in total. The van der Waals surface area contributed by atoms with Gasteiger partial charge in [0.05, 0.1) is 24.0 Å². The molecule has 0 fully saturated rings. The van der Waals surface area contributed by atoms with Gasteiger partial charge in [-0.25, -0.2) is 9.37 Å². The van der Waals surface area contributed by atoms with Crippen LogP contribution in [-0.4, -0.2) is 39.1 Å². The van der Waals surface area contributed by atoms with E-state index in [2.05, 4.69) is 10.3 Å². The van der Waals surface area contributed by atoms with Crippen LogP contribution in [0.1, 0.15) is 28.7 Å². The number of carbonyl (C=O) groups excluding carboxylic acids is 2. The third kappa shape index (κ3) is 6.30. The Hall–Kier alpha value is -4.04. The molecule has 3 aromatic carbocycles. The number of halogens is 1. The van der Waals surface area contributed by atoms with E-state index in [1.54, 1.807) is 36.4 Å². The van der Waals surface area contributed by atoms with E-state index in [-0.39, 0.29) is 43.6 Å². The SMILES string of the molecule is CC(=O)c1cccc(OCC(O)Cn2c(CC(=O)NCc3ccc(F)cc3)nc3ccccc32)c1. The lowest BCUT2D eigenvalue weighted by Crippen LogP contribution is -2.28. The van der Waals surface area contributed by atoms with Gasteiger partial charge in [0.2, 0.25) is 5.91 Å². The van der Waals surface area contributed by atoms with Crippen molar-refractivity contribution < 1.29 is 23.8 Å². The molecule has 0 spiro atoms. The molecule has 0 bridgehead atoms. The number of ether oxygens (including phenoxy) is 1. The lowest BCUT2D eigenvalue weighted by Gasteiger charge is -2.16. The maximum atomic E-state index is 13.1. The zero-order valence-corrected chi connectivity index (χ0v) is 19.3. The number of hydrogen-bond donors (Lipinski definition) is 2. The highest BCUT2D eigenvalue weighted by Gasteiger charge is 2.17.